The van der Waals surface area contributed by atoms with Crippen molar-refractivity contribution in [2.75, 3.05) is 26.2 Å². The Bertz CT molecular complexity index is 1500. The number of ketones is 1. The lowest BCUT2D eigenvalue weighted by Crippen LogP contribution is -2.63. The van der Waals surface area contributed by atoms with Crippen molar-refractivity contribution in [3.8, 4) is 0 Å². The van der Waals surface area contributed by atoms with E-state index in [-0.39, 0.29) is 45.6 Å². The summed E-state index contributed by atoms with van der Waals surface area (Å²) in [6, 6.07) is 8.71. The Morgan fingerprint density at radius 2 is 1.48 bits per heavy atom. The first-order valence-electron chi connectivity index (χ1n) is 20.6. The van der Waals surface area contributed by atoms with E-state index in [1.54, 1.807) is 28.6 Å². The molecule has 9 heteroatoms. The predicted molar refractivity (Wildman–Crippen MR) is 214 cm³/mol. The van der Waals surface area contributed by atoms with E-state index >= 15 is 4.79 Å². The average molecular weight is 753 g/mol. The monoisotopic (exact) mass is 752 g/mol. The number of allylic oxidation sites excluding steroid dienone is 3. The number of hydrogen-bond donors (Lipinski definition) is 0. The largest absolute Gasteiger partial charge is 0.414 e. The smallest absolute Gasteiger partial charge is 0.243 e. The zero-order chi connectivity index (χ0) is 37.4. The SMILES string of the molecule is CC(C)(C)[Si](C)(C)O[C@@H]1C/C=C\C/C=C\CCCN2C[C@@]34CCCCCCCCCCN(S(=O)(=O)c5ccccc5)CC[C@@H](C(=O)[C@@H]3C1)[C@H](C4)C2=O. The fourth-order valence-corrected chi connectivity index (χ4v) is 12.0. The van der Waals surface area contributed by atoms with Crippen LogP contribution in [0.4, 0.5) is 0 Å². The van der Waals surface area contributed by atoms with Crippen molar-refractivity contribution in [1.82, 2.24) is 9.21 Å². The van der Waals surface area contributed by atoms with Crippen LogP contribution in [-0.2, 0) is 24.0 Å². The molecule has 4 bridgehead atoms. The topological polar surface area (TPSA) is 84.0 Å². The van der Waals surface area contributed by atoms with E-state index in [2.05, 4.69) is 63.1 Å². The van der Waals surface area contributed by atoms with Gasteiger partial charge in [0.25, 0.3) is 0 Å². The van der Waals surface area contributed by atoms with Crippen LogP contribution in [0, 0.1) is 23.2 Å². The summed E-state index contributed by atoms with van der Waals surface area (Å²) in [7, 11) is -5.93. The van der Waals surface area contributed by atoms with Gasteiger partial charge in [-0.05, 0) is 93.5 Å². The minimum Gasteiger partial charge on any atom is -0.414 e. The minimum atomic E-state index is -3.76. The molecule has 0 unspecified atom stereocenters. The maximum Gasteiger partial charge on any atom is 0.243 e. The first-order chi connectivity index (χ1) is 24.8. The number of nitrogens with zero attached hydrogens (tertiary/aromatic N) is 2. The molecule has 3 heterocycles. The van der Waals surface area contributed by atoms with Crippen LogP contribution in [0.2, 0.25) is 18.1 Å². The molecule has 1 aromatic carbocycles. The van der Waals surface area contributed by atoms with Gasteiger partial charge in [-0.15, -0.1) is 0 Å². The summed E-state index contributed by atoms with van der Waals surface area (Å²) in [6.07, 6.45) is 23.6. The van der Waals surface area contributed by atoms with Gasteiger partial charge in [-0.3, -0.25) is 9.59 Å². The standard InChI is InChI=1S/C43H68N2O5SSi/c1-42(2,3)52(4,5)50-35-24-18-13-9-8-11-15-22-29-44-34-43-28-21-14-10-6-7-12-16-23-30-45(51(48,49)36-25-19-17-20-26-36)31-27-37(38(33-43)41(44)47)40(46)39(43)32-35/h8,11,13,17-20,25-26,35,37-39H,6-7,9-10,12,14-16,21-24,27-34H2,1-5H3/b11-8-,18-13-/t35-,37-,38+,39+,43+/m1/s1. The molecule has 4 aliphatic rings. The molecular weight excluding hydrogens is 685 g/mol. The molecule has 5 atom stereocenters. The number of fused-ring (bicyclic) bond motifs is 4. The van der Waals surface area contributed by atoms with Gasteiger partial charge in [0, 0.05) is 50.0 Å². The summed E-state index contributed by atoms with van der Waals surface area (Å²) in [5.74, 6) is -0.848. The second-order valence-corrected chi connectivity index (χ2v) is 24.6. The van der Waals surface area contributed by atoms with Gasteiger partial charge >= 0.3 is 0 Å². The van der Waals surface area contributed by atoms with Gasteiger partial charge < -0.3 is 9.33 Å². The highest BCUT2D eigenvalue weighted by atomic mass is 32.2. The molecule has 3 fully saturated rings. The van der Waals surface area contributed by atoms with Gasteiger partial charge in [0.05, 0.1) is 4.90 Å². The van der Waals surface area contributed by atoms with Gasteiger partial charge in [0.1, 0.15) is 5.78 Å². The number of Topliss-reactive ketones (excluding diaryl/α,β-unsaturated/α-hetero) is 1. The lowest BCUT2D eigenvalue weighted by Gasteiger charge is -2.56. The molecule has 290 valence electrons. The highest BCUT2D eigenvalue weighted by Crippen LogP contribution is 2.55. The third-order valence-electron chi connectivity index (χ3n) is 13.2. The molecule has 52 heavy (non-hydrogen) atoms. The van der Waals surface area contributed by atoms with Crippen molar-refractivity contribution in [1.29, 1.82) is 0 Å². The quantitative estimate of drug-likeness (QED) is 0.226. The van der Waals surface area contributed by atoms with Gasteiger partial charge in [-0.2, -0.15) is 4.31 Å². The van der Waals surface area contributed by atoms with Gasteiger partial charge in [-0.25, -0.2) is 8.42 Å². The molecule has 1 aliphatic carbocycles. The van der Waals surface area contributed by atoms with Crippen LogP contribution in [0.3, 0.4) is 0 Å². The van der Waals surface area contributed by atoms with Crippen LogP contribution >= 0.6 is 0 Å². The van der Waals surface area contributed by atoms with E-state index in [1.165, 1.54) is 19.3 Å². The molecule has 1 aromatic rings. The second-order valence-electron chi connectivity index (χ2n) is 17.9. The van der Waals surface area contributed by atoms with Gasteiger partial charge in [-0.1, -0.05) is 108 Å². The Morgan fingerprint density at radius 3 is 2.19 bits per heavy atom. The lowest BCUT2D eigenvalue weighted by molar-refractivity contribution is -0.168. The Morgan fingerprint density at radius 1 is 0.808 bits per heavy atom. The summed E-state index contributed by atoms with van der Waals surface area (Å²) in [6.45, 7) is 13.5. The van der Waals surface area contributed by atoms with E-state index < -0.39 is 30.2 Å². The molecule has 0 N–H and O–H groups in total. The van der Waals surface area contributed by atoms with Gasteiger partial charge in [0.15, 0.2) is 8.32 Å². The molecule has 0 aromatic heterocycles. The van der Waals surface area contributed by atoms with Crippen molar-refractivity contribution in [3.63, 3.8) is 0 Å². The number of hydrogen-bond acceptors (Lipinski definition) is 5. The van der Waals surface area contributed by atoms with Crippen LogP contribution in [0.5, 0.6) is 0 Å². The maximum atomic E-state index is 15.3. The first kappa shape index (κ1) is 41.1. The number of amides is 1. The molecule has 3 aliphatic heterocycles. The molecule has 1 spiro atoms. The number of piperidine rings is 1. The highest BCUT2D eigenvalue weighted by Gasteiger charge is 2.59. The fourth-order valence-electron chi connectivity index (χ4n) is 9.15. The number of carbonyl (C=O) groups is 2. The van der Waals surface area contributed by atoms with Crippen LogP contribution in [0.1, 0.15) is 124 Å². The van der Waals surface area contributed by atoms with E-state index in [9.17, 15) is 13.2 Å². The molecule has 1 saturated carbocycles. The normalized spacial score (nSPS) is 31.4. The molecule has 2 saturated heterocycles. The third-order valence-corrected chi connectivity index (χ3v) is 19.6. The Balaban J connectivity index is 1.56. The molecule has 0 radical (unpaired) electrons. The third kappa shape index (κ3) is 9.96. The summed E-state index contributed by atoms with van der Waals surface area (Å²) in [5.41, 5.74) is -0.287. The lowest BCUT2D eigenvalue weighted by atomic mass is 9.53. The zero-order valence-electron chi connectivity index (χ0n) is 33.0. The molecule has 5 rings (SSSR count). The molecular formula is C43H68N2O5SSi. The van der Waals surface area contributed by atoms with E-state index in [1.807, 2.05) is 6.07 Å². The molecule has 1 amide bonds. The predicted octanol–water partition coefficient (Wildman–Crippen LogP) is 9.71. The number of benzene rings is 1. The Kier molecular flexibility index (Phi) is 14.3. The number of rotatable bonds is 4. The van der Waals surface area contributed by atoms with E-state index in [0.717, 1.165) is 70.6 Å². The Labute approximate surface area is 317 Å². The summed E-state index contributed by atoms with van der Waals surface area (Å²) >= 11 is 0. The van der Waals surface area contributed by atoms with Crippen molar-refractivity contribution in [2.45, 2.75) is 153 Å². The second kappa shape index (κ2) is 18.0. The zero-order valence-corrected chi connectivity index (χ0v) is 34.8. The van der Waals surface area contributed by atoms with Crippen molar-refractivity contribution in [2.24, 2.45) is 23.2 Å². The summed E-state index contributed by atoms with van der Waals surface area (Å²) in [5, 5.41) is 0.0316. The first-order valence-corrected chi connectivity index (χ1v) is 25.0. The van der Waals surface area contributed by atoms with Crippen molar-refractivity contribution < 1.29 is 22.4 Å². The highest BCUT2D eigenvalue weighted by molar-refractivity contribution is 7.89. The average Bonchev–Trinajstić information content (AvgIpc) is 3.09. The van der Waals surface area contributed by atoms with Gasteiger partial charge in [0.2, 0.25) is 15.9 Å². The van der Waals surface area contributed by atoms with Crippen LogP contribution in [0.15, 0.2) is 59.5 Å². The summed E-state index contributed by atoms with van der Waals surface area (Å²) in [4.78, 5) is 32.1. The summed E-state index contributed by atoms with van der Waals surface area (Å²) < 4.78 is 37.0. The number of sulfonamides is 1. The van der Waals surface area contributed by atoms with Crippen LogP contribution in [-0.4, -0.2) is 69.9 Å². The number of carbonyl (C=O) groups excluding carboxylic acids is 2. The minimum absolute atomic E-state index is 0.0316. The van der Waals surface area contributed by atoms with E-state index in [4.69, 9.17) is 4.43 Å². The molecule has 7 nitrogen and oxygen atoms in total. The van der Waals surface area contributed by atoms with E-state index in [0.29, 0.717) is 32.5 Å². The van der Waals surface area contributed by atoms with Crippen LogP contribution in [0.25, 0.3) is 0 Å². The van der Waals surface area contributed by atoms with Crippen molar-refractivity contribution in [3.05, 3.63) is 54.6 Å². The Hall–Kier alpha value is -2.07. The van der Waals surface area contributed by atoms with Crippen molar-refractivity contribution >= 4 is 30.0 Å². The maximum absolute atomic E-state index is 15.3. The van der Waals surface area contributed by atoms with Crippen LogP contribution < -0.4 is 0 Å². The fraction of sp³-hybridized carbons (Fsp3) is 0.721.